The first-order chi connectivity index (χ1) is 20.3. The summed E-state index contributed by atoms with van der Waals surface area (Å²) >= 11 is 0. The molecule has 5 rings (SSSR count). The Morgan fingerprint density at radius 3 is 2.65 bits per heavy atom. The number of ether oxygens (including phenoxy) is 5. The van der Waals surface area contributed by atoms with Crippen molar-refractivity contribution in [1.82, 2.24) is 0 Å². The first kappa shape index (κ1) is 32.1. The molecule has 10 atom stereocenters. The highest BCUT2D eigenvalue weighted by molar-refractivity contribution is 5.79. The second-order valence-corrected chi connectivity index (χ2v) is 14.0. The Hall–Kier alpha value is -2.26. The smallest absolute Gasteiger partial charge is 0.316 e. The third kappa shape index (κ3) is 6.58. The van der Waals surface area contributed by atoms with Gasteiger partial charge >= 0.3 is 11.9 Å². The Morgan fingerprint density at radius 2 is 1.93 bits per heavy atom. The molecule has 2 bridgehead atoms. The molecule has 0 saturated carbocycles. The minimum Gasteiger partial charge on any atom is -0.462 e. The summed E-state index contributed by atoms with van der Waals surface area (Å²) in [4.78, 5) is 26.1. The first-order valence-corrected chi connectivity index (χ1v) is 16.1. The van der Waals surface area contributed by atoms with Gasteiger partial charge in [-0.1, -0.05) is 63.6 Å². The maximum atomic E-state index is 14.1. The predicted octanol–water partition coefficient (Wildman–Crippen LogP) is 5.74. The summed E-state index contributed by atoms with van der Waals surface area (Å²) in [5.74, 6) is -1.83. The van der Waals surface area contributed by atoms with E-state index in [-0.39, 0.29) is 24.7 Å². The third-order valence-corrected chi connectivity index (χ3v) is 9.93. The van der Waals surface area contributed by atoms with Crippen LogP contribution in [0.1, 0.15) is 87.0 Å². The van der Waals surface area contributed by atoms with Crippen LogP contribution in [-0.2, 0) is 33.3 Å². The zero-order valence-electron chi connectivity index (χ0n) is 26.8. The van der Waals surface area contributed by atoms with Gasteiger partial charge in [0.05, 0.1) is 18.8 Å². The Labute approximate surface area is 256 Å². The standard InChI is InChI=1S/C35H50O8/c1-20(2)30-23(5)13-14-34(43-30)18-28-17-27(42-34)12-11-22(4)15-21(3)9-8-10-26-19-39-32-31(40-25(7)36)24(6)16-29(33(37)41-28)35(26,32)38/h8-11,16,20-21,23,27-32,38H,12-15,17-19H2,1-7H3/b9-8+,22-11+,26-10+/t21-,23-,27+,28-,29-,30+,31+,32+,34+,35+/m0/s1. The molecular weight excluding hydrogens is 548 g/mol. The summed E-state index contributed by atoms with van der Waals surface area (Å²) < 4.78 is 31.5. The average molecular weight is 599 g/mol. The molecule has 5 aliphatic rings. The molecule has 3 fully saturated rings. The average Bonchev–Trinajstić information content (AvgIpc) is 3.26. The van der Waals surface area contributed by atoms with Crippen molar-refractivity contribution in [1.29, 1.82) is 0 Å². The van der Waals surface area contributed by atoms with Crippen LogP contribution in [0.2, 0.25) is 0 Å². The van der Waals surface area contributed by atoms with Crippen LogP contribution in [-0.4, -0.2) is 65.6 Å². The number of fused-ring (bicyclic) bond motifs is 2. The van der Waals surface area contributed by atoms with Gasteiger partial charge in [0.15, 0.2) is 11.9 Å². The molecular formula is C35H50O8. The molecule has 238 valence electrons. The van der Waals surface area contributed by atoms with Crippen molar-refractivity contribution in [2.75, 3.05) is 6.61 Å². The molecule has 0 aromatic rings. The van der Waals surface area contributed by atoms with Crippen LogP contribution < -0.4 is 0 Å². The molecule has 0 aromatic carbocycles. The first-order valence-electron chi connectivity index (χ1n) is 16.1. The lowest BCUT2D eigenvalue weighted by atomic mass is 9.70. The van der Waals surface area contributed by atoms with E-state index in [9.17, 15) is 14.7 Å². The molecule has 1 spiro atoms. The summed E-state index contributed by atoms with van der Waals surface area (Å²) in [7, 11) is 0. The normalized spacial score (nSPS) is 45.2. The van der Waals surface area contributed by atoms with Crippen LogP contribution in [0.5, 0.6) is 0 Å². The molecule has 0 amide bonds. The fraction of sp³-hybridized carbons (Fsp3) is 0.714. The van der Waals surface area contributed by atoms with E-state index in [0.717, 1.165) is 19.3 Å². The maximum absolute atomic E-state index is 14.1. The van der Waals surface area contributed by atoms with Gasteiger partial charge in [0, 0.05) is 26.2 Å². The van der Waals surface area contributed by atoms with Gasteiger partial charge in [-0.2, -0.15) is 0 Å². The zero-order chi connectivity index (χ0) is 31.1. The number of aliphatic hydroxyl groups is 1. The van der Waals surface area contributed by atoms with E-state index in [2.05, 4.69) is 46.8 Å². The van der Waals surface area contributed by atoms with E-state index < -0.39 is 47.6 Å². The Kier molecular flexibility index (Phi) is 9.44. The van der Waals surface area contributed by atoms with Gasteiger partial charge in [-0.25, -0.2) is 0 Å². The number of carbonyl (C=O) groups excluding carboxylic acids is 2. The van der Waals surface area contributed by atoms with Crippen LogP contribution in [0.4, 0.5) is 0 Å². The largest absolute Gasteiger partial charge is 0.462 e. The SMILES string of the molecule is CC(=O)O[C@@H]1C(C)=C[C@H]2C(=O)O[C@H]3C[C@@H](C/C=C(\C)C[C@@H](C)/C=C/C=C4\CO[C@H]1[C@@]42O)O[C@@]1(CC[C@H](C)[C@@H](C(C)C)O1)C3. The van der Waals surface area contributed by atoms with Crippen molar-refractivity contribution < 1.29 is 38.4 Å². The van der Waals surface area contributed by atoms with E-state index in [1.807, 2.05) is 12.2 Å². The Morgan fingerprint density at radius 1 is 1.16 bits per heavy atom. The molecule has 0 radical (unpaired) electrons. The number of esters is 2. The number of carbonyl (C=O) groups is 2. The van der Waals surface area contributed by atoms with Crippen LogP contribution >= 0.6 is 0 Å². The van der Waals surface area contributed by atoms with Crippen molar-refractivity contribution in [3.8, 4) is 0 Å². The predicted molar refractivity (Wildman–Crippen MR) is 162 cm³/mol. The lowest BCUT2D eigenvalue weighted by Crippen LogP contribution is -2.59. The highest BCUT2D eigenvalue weighted by atomic mass is 16.7. The van der Waals surface area contributed by atoms with Crippen molar-refractivity contribution >= 4 is 11.9 Å². The molecule has 8 heteroatoms. The van der Waals surface area contributed by atoms with E-state index in [4.69, 9.17) is 23.7 Å². The van der Waals surface area contributed by atoms with Gasteiger partial charge < -0.3 is 28.8 Å². The molecule has 0 unspecified atom stereocenters. The van der Waals surface area contributed by atoms with Gasteiger partial charge in [-0.05, 0) is 62.0 Å². The third-order valence-electron chi connectivity index (χ3n) is 9.93. The van der Waals surface area contributed by atoms with Crippen LogP contribution in [0.3, 0.4) is 0 Å². The zero-order valence-corrected chi connectivity index (χ0v) is 26.8. The van der Waals surface area contributed by atoms with Crippen LogP contribution in [0.15, 0.2) is 47.1 Å². The fourth-order valence-corrected chi connectivity index (χ4v) is 7.80. The molecule has 3 saturated heterocycles. The topological polar surface area (TPSA) is 101 Å². The van der Waals surface area contributed by atoms with Gasteiger partial charge in [0.2, 0.25) is 0 Å². The van der Waals surface area contributed by atoms with Crippen molar-refractivity contribution in [3.05, 3.63) is 47.1 Å². The van der Waals surface area contributed by atoms with Crippen molar-refractivity contribution in [3.63, 3.8) is 0 Å². The monoisotopic (exact) mass is 598 g/mol. The summed E-state index contributed by atoms with van der Waals surface area (Å²) in [6.07, 6.45) is 11.8. The van der Waals surface area contributed by atoms with Gasteiger partial charge in [-0.3, -0.25) is 9.59 Å². The number of hydrogen-bond donors (Lipinski definition) is 1. The van der Waals surface area contributed by atoms with E-state index >= 15 is 0 Å². The minimum atomic E-state index is -1.72. The lowest BCUT2D eigenvalue weighted by molar-refractivity contribution is -0.340. The Bertz CT molecular complexity index is 1200. The van der Waals surface area contributed by atoms with E-state index in [1.54, 1.807) is 13.0 Å². The second kappa shape index (κ2) is 12.6. The fourth-order valence-electron chi connectivity index (χ4n) is 7.80. The maximum Gasteiger partial charge on any atom is 0.316 e. The second-order valence-electron chi connectivity index (χ2n) is 14.0. The van der Waals surface area contributed by atoms with Crippen molar-refractivity contribution in [2.45, 2.75) is 129 Å². The number of allylic oxidation sites excluding steroid dienone is 4. The molecule has 1 aliphatic carbocycles. The van der Waals surface area contributed by atoms with Gasteiger partial charge in [-0.15, -0.1) is 0 Å². The number of hydrogen-bond acceptors (Lipinski definition) is 8. The highest BCUT2D eigenvalue weighted by Crippen LogP contribution is 2.48. The molecule has 8 nitrogen and oxygen atoms in total. The highest BCUT2D eigenvalue weighted by Gasteiger charge is 2.61. The van der Waals surface area contributed by atoms with Gasteiger partial charge in [0.1, 0.15) is 23.7 Å². The van der Waals surface area contributed by atoms with E-state index in [0.29, 0.717) is 42.2 Å². The van der Waals surface area contributed by atoms with Crippen LogP contribution in [0.25, 0.3) is 0 Å². The quantitative estimate of drug-likeness (QED) is 0.317. The molecule has 0 aromatic heterocycles. The lowest BCUT2D eigenvalue weighted by Gasteiger charge is -2.50. The Balaban J connectivity index is 1.53. The summed E-state index contributed by atoms with van der Waals surface area (Å²) in [6, 6.07) is 0. The summed E-state index contributed by atoms with van der Waals surface area (Å²) in [5.41, 5.74) is 0.762. The molecule has 43 heavy (non-hydrogen) atoms. The van der Waals surface area contributed by atoms with Crippen molar-refractivity contribution in [2.24, 2.45) is 23.7 Å². The summed E-state index contributed by atoms with van der Waals surface area (Å²) in [6.45, 7) is 14.1. The minimum absolute atomic E-state index is 0.0542. The number of rotatable bonds is 2. The molecule has 1 N–H and O–H groups in total. The summed E-state index contributed by atoms with van der Waals surface area (Å²) in [5, 5.41) is 12.4. The van der Waals surface area contributed by atoms with E-state index in [1.165, 1.54) is 12.5 Å². The van der Waals surface area contributed by atoms with Crippen LogP contribution in [0, 0.1) is 23.7 Å². The van der Waals surface area contributed by atoms with Gasteiger partial charge in [0.25, 0.3) is 0 Å². The molecule has 4 heterocycles. The molecule has 4 aliphatic heterocycles.